The summed E-state index contributed by atoms with van der Waals surface area (Å²) in [6.45, 7) is 8.61. The SMILES string of the molecule is CC(C)(C)c1ccc([S+]2CCCC2)cc1.COCCOc1ccc([S+](c2ccccc2)c2ccccc2)cc1.O=C(C[S+]1CCCC1)c1ccccc1.OCCCCc1ccc([S+]2CCCC2)c2ccccc12.OCCCCc1ccc([S+]2CCCCC2)c2ccccc12.Oc1ccc([S+]2CCCC2)c2ccccc12.Oc1ccc([S+]2CCCCC2)c2ccccc12. The second kappa shape index (κ2) is 51.8. The van der Waals surface area contributed by atoms with Crippen molar-refractivity contribution in [1.82, 2.24) is 0 Å². The van der Waals surface area contributed by atoms with E-state index in [0.717, 1.165) is 66.4 Å². The predicted molar refractivity (Wildman–Crippen MR) is 557 cm³/mol. The molecule has 0 unspecified atom stereocenters. The number of carbonyl (C=O) groups excluding carboxylic acids is 1. The lowest BCUT2D eigenvalue weighted by Gasteiger charge is -2.18. The molecule has 0 aliphatic carbocycles. The lowest BCUT2D eigenvalue weighted by molar-refractivity contribution is 0.102. The van der Waals surface area contributed by atoms with Crippen LogP contribution in [-0.2, 0) is 99.3 Å². The number of phenolic OH excluding ortho intramolecular Hbond substituents is 2. The van der Waals surface area contributed by atoms with Crippen LogP contribution in [0.3, 0.4) is 0 Å². The van der Waals surface area contributed by atoms with Gasteiger partial charge in [-0.05, 0) is 294 Å². The number of carbonyl (C=O) groups is 1. The Balaban J connectivity index is 0.000000128. The number of methoxy groups -OCH3 is 1. The second-order valence-corrected chi connectivity index (χ2v) is 50.2. The first-order valence-electron chi connectivity index (χ1n) is 46.7. The molecule has 13 aromatic carbocycles. The first kappa shape index (κ1) is 96.8. The summed E-state index contributed by atoms with van der Waals surface area (Å²) < 4.78 is 10.7. The molecule has 0 atom stereocenters. The zero-order valence-corrected chi connectivity index (χ0v) is 81.4. The van der Waals surface area contributed by atoms with Crippen LogP contribution >= 0.6 is 0 Å². The number of ether oxygens (including phenoxy) is 2. The molecule has 7 nitrogen and oxygen atoms in total. The molecule has 666 valence electrons. The Morgan fingerprint density at radius 3 is 1.05 bits per heavy atom. The zero-order chi connectivity index (χ0) is 88.2. The Kier molecular flexibility index (Phi) is 39.5. The number of hydrogen-bond acceptors (Lipinski definition) is 7. The summed E-state index contributed by atoms with van der Waals surface area (Å²) >= 11 is 0. The number of aryl methyl sites for hydroxylation is 2. The zero-order valence-electron chi connectivity index (χ0n) is 75.7. The van der Waals surface area contributed by atoms with Crippen LogP contribution < -0.4 is 4.74 Å². The van der Waals surface area contributed by atoms with E-state index in [1.54, 1.807) is 21.8 Å². The average molecular weight is 1830 g/mol. The van der Waals surface area contributed by atoms with Gasteiger partial charge in [-0.3, -0.25) is 4.79 Å². The molecular weight excluding hydrogens is 1690 g/mol. The van der Waals surface area contributed by atoms with E-state index >= 15 is 0 Å². The van der Waals surface area contributed by atoms with Crippen molar-refractivity contribution in [3.8, 4) is 17.2 Å². The minimum Gasteiger partial charge on any atom is -0.507 e. The van der Waals surface area contributed by atoms with Crippen molar-refractivity contribution in [2.24, 2.45) is 0 Å². The summed E-state index contributed by atoms with van der Waals surface area (Å²) in [5, 5.41) is 48.0. The first-order chi connectivity index (χ1) is 62.3. The maximum atomic E-state index is 11.8. The molecule has 0 saturated carbocycles. The molecule has 6 aliphatic rings. The van der Waals surface area contributed by atoms with Gasteiger partial charge in [0.05, 0.1) is 17.5 Å². The number of unbranched alkanes of at least 4 members (excludes halogenated alkanes) is 2. The number of Topliss-reactive ketones (excluding diaryl/α,β-unsaturated/α-hetero) is 1. The van der Waals surface area contributed by atoms with E-state index in [1.165, 1.54) is 232 Å². The van der Waals surface area contributed by atoms with Crippen molar-refractivity contribution in [3.05, 3.63) is 307 Å². The highest BCUT2D eigenvalue weighted by atomic mass is 32.2. The molecule has 6 fully saturated rings. The highest BCUT2D eigenvalue weighted by Gasteiger charge is 2.35. The molecule has 6 saturated heterocycles. The Morgan fingerprint density at radius 2 is 0.661 bits per heavy atom. The molecule has 127 heavy (non-hydrogen) atoms. The lowest BCUT2D eigenvalue weighted by Crippen LogP contribution is -2.18. The molecule has 0 radical (unpaired) electrons. The molecule has 4 N–H and O–H groups in total. The van der Waals surface area contributed by atoms with Crippen molar-refractivity contribution in [3.63, 3.8) is 0 Å². The van der Waals surface area contributed by atoms with E-state index < -0.39 is 0 Å². The quantitative estimate of drug-likeness (QED) is 0.0286. The number of aromatic hydroxyl groups is 2. The summed E-state index contributed by atoms with van der Waals surface area (Å²) in [5.74, 6) is 19.0. The Hall–Kier alpha value is -7.70. The van der Waals surface area contributed by atoms with Gasteiger partial charge in [-0.2, -0.15) is 0 Å². The smallest absolute Gasteiger partial charge is 0.211 e. The maximum absolute atomic E-state index is 11.8. The maximum Gasteiger partial charge on any atom is 0.211 e. The van der Waals surface area contributed by atoms with E-state index in [1.807, 2.05) is 78.9 Å². The van der Waals surface area contributed by atoms with Crippen LogP contribution in [-0.4, -0.2) is 135 Å². The average Bonchev–Trinajstić information content (AvgIpc) is 1.66. The van der Waals surface area contributed by atoms with Crippen LogP contribution in [0.5, 0.6) is 17.2 Å². The van der Waals surface area contributed by atoms with Crippen molar-refractivity contribution in [1.29, 1.82) is 0 Å². The fourth-order valence-corrected chi connectivity index (χ4v) is 34.2. The van der Waals surface area contributed by atoms with Gasteiger partial charge in [0.15, 0.2) is 44.9 Å². The molecule has 6 heterocycles. The highest BCUT2D eigenvalue weighted by Crippen LogP contribution is 2.40. The predicted octanol–water partition coefficient (Wildman–Crippen LogP) is 26.1. The third-order valence-electron chi connectivity index (χ3n) is 24.5. The summed E-state index contributed by atoms with van der Waals surface area (Å²) in [7, 11) is 4.29. The standard InChI is InChI=1S/C21H21O2S.C19H25OS.C18H23OS.C15H16OS.C14H14OS.C14H21S.C12H15OS/c1-22-16-17-23-18-12-14-21(15-13-18)24(19-8-4-2-5-9-19)20-10-6-3-7-11-20;20-13-5-4-8-16-11-12-19(21-14-6-1-7-15-21)18-10-3-2-9-17(16)18;19-12-4-3-7-15-10-11-18(20-13-5-6-14-20)17-9-2-1-8-16(15)17;16-14-8-9-15(17-10-4-1-5-11-17)13-7-3-2-6-12(13)14;15-13-7-8-14(16-9-3-4-10-16)12-6-2-1-5-11(12)13;1-14(2,3)12-6-8-13(9-7-12)15-10-4-5-11-15;13-12(10-14-8-4-5-9-14)11-6-2-1-3-7-11/h2-15H,16-17H2,1H3;2-3,9-12,20H,1,4-8,13-15H2;1-2,8-11,19H,3-7,12-14H2;2-3,6-9H,1,4-5,10-11H2;1-2,5-8H,3-4,9-10H2;6-9H,4-5,10-11H2,1-3H3;1-3,6-7H,4-5,8-10H2/q3*+1;;;2*+1/p+2. The summed E-state index contributed by atoms with van der Waals surface area (Å²) in [5.41, 5.74) is 5.52. The number of phenols is 2. The third kappa shape index (κ3) is 28.4. The van der Waals surface area contributed by atoms with Crippen molar-refractivity contribution < 1.29 is 34.7 Å². The lowest BCUT2D eigenvalue weighted by atomic mass is 9.87. The van der Waals surface area contributed by atoms with Gasteiger partial charge in [0.2, 0.25) is 5.78 Å². The molecular formula is C113H137O7S7+7. The topological polar surface area (TPSA) is 116 Å². The number of hydrogen-bond donors (Lipinski definition) is 4. The number of aliphatic hydroxyl groups is 2. The number of benzene rings is 13. The van der Waals surface area contributed by atoms with E-state index in [4.69, 9.17) is 19.7 Å². The minimum absolute atomic E-state index is 0.110. The number of fused-ring (bicyclic) bond motifs is 4. The molecule has 0 bridgehead atoms. The van der Waals surface area contributed by atoms with E-state index in [-0.39, 0.29) is 16.3 Å². The van der Waals surface area contributed by atoms with Gasteiger partial charge in [-0.1, -0.05) is 185 Å². The number of aliphatic hydroxyl groups excluding tert-OH is 2. The molecule has 6 aliphatic heterocycles. The van der Waals surface area contributed by atoms with Gasteiger partial charge < -0.3 is 29.9 Å². The first-order valence-corrected chi connectivity index (χ1v) is 57.5. The number of rotatable bonds is 23. The highest BCUT2D eigenvalue weighted by molar-refractivity contribution is 7.99. The molecule has 0 spiro atoms. The summed E-state index contributed by atoms with van der Waals surface area (Å²) in [6.07, 6.45) is 25.5. The fourth-order valence-electron chi connectivity index (χ4n) is 17.6. The molecule has 0 amide bonds. The van der Waals surface area contributed by atoms with Crippen molar-refractivity contribution in [2.75, 3.05) is 108 Å². The van der Waals surface area contributed by atoms with Crippen LogP contribution in [0, 0.1) is 0 Å². The van der Waals surface area contributed by atoms with Crippen LogP contribution in [0.25, 0.3) is 43.1 Å². The Bertz CT molecular complexity index is 5380. The third-order valence-corrected chi connectivity index (χ3v) is 41.8. The van der Waals surface area contributed by atoms with Gasteiger partial charge in [-0.25, -0.2) is 0 Å². The van der Waals surface area contributed by atoms with Gasteiger partial charge in [0, 0.05) is 113 Å². The van der Waals surface area contributed by atoms with Crippen LogP contribution in [0.1, 0.15) is 163 Å². The van der Waals surface area contributed by atoms with Crippen LogP contribution in [0.4, 0.5) is 0 Å². The molecule has 14 heteroatoms. The van der Waals surface area contributed by atoms with Gasteiger partial charge in [0.25, 0.3) is 0 Å². The summed E-state index contributed by atoms with van der Waals surface area (Å²) in [4.78, 5) is 23.4. The van der Waals surface area contributed by atoms with E-state index in [0.29, 0.717) is 109 Å². The molecule has 19 rings (SSSR count). The van der Waals surface area contributed by atoms with Gasteiger partial charge >= 0.3 is 0 Å². The van der Waals surface area contributed by atoms with Crippen molar-refractivity contribution >= 4 is 125 Å². The van der Waals surface area contributed by atoms with Crippen LogP contribution in [0.15, 0.2) is 324 Å². The number of ketones is 1. The largest absolute Gasteiger partial charge is 0.507 e. The minimum atomic E-state index is -0.110. The van der Waals surface area contributed by atoms with E-state index in [2.05, 4.69) is 227 Å². The Morgan fingerprint density at radius 1 is 0.331 bits per heavy atom. The molecule has 13 aromatic rings. The normalized spacial score (nSPS) is 15.8. The summed E-state index contributed by atoms with van der Waals surface area (Å²) in [6, 6.07) is 100. The van der Waals surface area contributed by atoms with Crippen LogP contribution in [0.2, 0.25) is 0 Å². The monoisotopic (exact) mass is 1830 g/mol. The molecule has 0 aromatic heterocycles. The van der Waals surface area contributed by atoms with Gasteiger partial charge in [0.1, 0.15) is 92.9 Å². The van der Waals surface area contributed by atoms with E-state index in [9.17, 15) is 15.0 Å². The Labute approximate surface area is 780 Å². The second-order valence-electron chi connectivity index (χ2n) is 34.6. The van der Waals surface area contributed by atoms with Gasteiger partial charge in [-0.15, -0.1) is 0 Å². The van der Waals surface area contributed by atoms with Crippen molar-refractivity contribution in [2.45, 2.75) is 194 Å². The fraction of sp³-hybridized carbons (Fsp3) is 0.372.